The zero-order valence-electron chi connectivity index (χ0n) is 15.7. The molecule has 1 amide bonds. The van der Waals surface area contributed by atoms with Crippen molar-refractivity contribution >= 4 is 21.8 Å². The van der Waals surface area contributed by atoms with Crippen molar-refractivity contribution < 1.29 is 27.5 Å². The van der Waals surface area contributed by atoms with Crippen LogP contribution in [0.5, 0.6) is 0 Å². The number of benzene rings is 1. The highest BCUT2D eigenvalue weighted by atomic mass is 79.9. The molecule has 158 valence electrons. The number of aliphatic hydroxyl groups excluding tert-OH is 1. The van der Waals surface area contributed by atoms with Crippen molar-refractivity contribution in [3.8, 4) is 0 Å². The molecular weight excluding hydrogens is 444 g/mol. The number of amides is 1. The summed E-state index contributed by atoms with van der Waals surface area (Å²) >= 11 is 3.21. The first kappa shape index (κ1) is 23.1. The van der Waals surface area contributed by atoms with Gasteiger partial charge in [0.2, 0.25) is 5.91 Å². The maximum absolute atomic E-state index is 14.4. The average molecular weight is 469 g/mol. The third kappa shape index (κ3) is 5.45. The molecule has 3 atom stereocenters. The molecule has 9 heteroatoms. The van der Waals surface area contributed by atoms with Gasteiger partial charge >= 0.3 is 6.18 Å². The Balaban J connectivity index is 2.56. The first-order chi connectivity index (χ1) is 12.9. The summed E-state index contributed by atoms with van der Waals surface area (Å²) < 4.78 is 58.1. The second kappa shape index (κ2) is 8.67. The van der Waals surface area contributed by atoms with Gasteiger partial charge in [0.15, 0.2) is 0 Å². The number of halogens is 5. The van der Waals surface area contributed by atoms with E-state index in [-0.39, 0.29) is 24.8 Å². The number of alkyl halides is 4. The van der Waals surface area contributed by atoms with Gasteiger partial charge < -0.3 is 10.4 Å². The summed E-state index contributed by atoms with van der Waals surface area (Å²) in [5.41, 5.74) is -4.42. The molecule has 1 saturated heterocycles. The van der Waals surface area contributed by atoms with Crippen molar-refractivity contribution in [2.45, 2.75) is 69.0 Å². The second-order valence-corrected chi connectivity index (χ2v) is 8.73. The van der Waals surface area contributed by atoms with E-state index in [9.17, 15) is 27.5 Å². The molecule has 0 aliphatic carbocycles. The Bertz CT molecular complexity index is 676. The molecule has 3 N–H and O–H groups in total. The Morgan fingerprint density at radius 1 is 1.21 bits per heavy atom. The zero-order valence-corrected chi connectivity index (χ0v) is 17.3. The SMILES string of the molecule is CC(C)(F)C[C@@H]1N[C@@](c2ccc(Br)cc2)(C(F)(F)F)CCC[C@@H](CO)NC1=O. The van der Waals surface area contributed by atoms with Gasteiger partial charge in [0, 0.05) is 10.9 Å². The molecule has 1 aliphatic heterocycles. The molecule has 1 aromatic carbocycles. The number of carbonyl (C=O) groups excluding carboxylic acids is 1. The Labute approximate surface area is 170 Å². The zero-order chi connectivity index (χ0) is 21.2. The summed E-state index contributed by atoms with van der Waals surface area (Å²) in [6.45, 7) is 2.04. The lowest BCUT2D eigenvalue weighted by Crippen LogP contribution is -2.61. The van der Waals surface area contributed by atoms with Crippen LogP contribution in [0.4, 0.5) is 17.6 Å². The normalized spacial score (nSPS) is 27.5. The molecule has 2 rings (SSSR count). The molecule has 0 aromatic heterocycles. The van der Waals surface area contributed by atoms with E-state index in [0.29, 0.717) is 4.47 Å². The highest BCUT2D eigenvalue weighted by Crippen LogP contribution is 2.44. The quantitative estimate of drug-likeness (QED) is 0.586. The van der Waals surface area contributed by atoms with Crippen LogP contribution in [-0.4, -0.2) is 41.5 Å². The van der Waals surface area contributed by atoms with E-state index in [2.05, 4.69) is 26.6 Å². The number of carbonyl (C=O) groups is 1. The van der Waals surface area contributed by atoms with Gasteiger partial charge in [-0.05, 0) is 50.8 Å². The first-order valence-corrected chi connectivity index (χ1v) is 9.88. The average Bonchev–Trinajstić information content (AvgIpc) is 2.63. The minimum atomic E-state index is -4.72. The maximum Gasteiger partial charge on any atom is 0.410 e. The highest BCUT2D eigenvalue weighted by Gasteiger charge is 2.57. The van der Waals surface area contributed by atoms with Gasteiger partial charge in [0.25, 0.3) is 0 Å². The van der Waals surface area contributed by atoms with Gasteiger partial charge in [-0.15, -0.1) is 0 Å². The fourth-order valence-corrected chi connectivity index (χ4v) is 3.80. The van der Waals surface area contributed by atoms with E-state index < -0.39 is 48.4 Å². The summed E-state index contributed by atoms with van der Waals surface area (Å²) in [5, 5.41) is 14.4. The molecule has 1 fully saturated rings. The fraction of sp³-hybridized carbons (Fsp3) is 0.632. The lowest BCUT2D eigenvalue weighted by Gasteiger charge is -2.40. The minimum Gasteiger partial charge on any atom is -0.394 e. The van der Waals surface area contributed by atoms with Gasteiger partial charge in [0.1, 0.15) is 11.2 Å². The van der Waals surface area contributed by atoms with Gasteiger partial charge in [-0.2, -0.15) is 13.2 Å². The maximum atomic E-state index is 14.4. The molecule has 28 heavy (non-hydrogen) atoms. The lowest BCUT2D eigenvalue weighted by atomic mass is 9.82. The molecular formula is C19H25BrF4N2O2. The summed E-state index contributed by atoms with van der Waals surface area (Å²) in [4.78, 5) is 12.6. The van der Waals surface area contributed by atoms with E-state index in [1.165, 1.54) is 38.1 Å². The van der Waals surface area contributed by atoms with E-state index in [0.717, 1.165) is 0 Å². The van der Waals surface area contributed by atoms with Crippen LogP contribution in [0.15, 0.2) is 28.7 Å². The summed E-state index contributed by atoms with van der Waals surface area (Å²) in [6.07, 6.45) is -5.21. The molecule has 0 spiro atoms. The summed E-state index contributed by atoms with van der Waals surface area (Å²) in [5.74, 6) is -0.752. The Hall–Kier alpha value is -1.19. The third-order valence-electron chi connectivity index (χ3n) is 4.92. The summed E-state index contributed by atoms with van der Waals surface area (Å²) in [6, 6.07) is 3.61. The third-order valence-corrected chi connectivity index (χ3v) is 5.45. The topological polar surface area (TPSA) is 61.4 Å². The Morgan fingerprint density at radius 2 is 1.82 bits per heavy atom. The molecule has 0 bridgehead atoms. The highest BCUT2D eigenvalue weighted by molar-refractivity contribution is 9.10. The monoisotopic (exact) mass is 468 g/mol. The van der Waals surface area contributed by atoms with Gasteiger partial charge in [-0.25, -0.2) is 4.39 Å². The van der Waals surface area contributed by atoms with E-state index in [1.54, 1.807) is 0 Å². The Morgan fingerprint density at radius 3 is 2.32 bits per heavy atom. The largest absolute Gasteiger partial charge is 0.410 e. The molecule has 0 saturated carbocycles. The summed E-state index contributed by atoms with van der Waals surface area (Å²) in [7, 11) is 0. The van der Waals surface area contributed by atoms with Crippen LogP contribution in [0, 0.1) is 0 Å². The smallest absolute Gasteiger partial charge is 0.394 e. The van der Waals surface area contributed by atoms with Crippen LogP contribution >= 0.6 is 15.9 Å². The predicted molar refractivity (Wildman–Crippen MR) is 101 cm³/mol. The number of hydrogen-bond donors (Lipinski definition) is 3. The van der Waals surface area contributed by atoms with Crippen molar-refractivity contribution in [3.63, 3.8) is 0 Å². The van der Waals surface area contributed by atoms with Gasteiger partial charge in [-0.3, -0.25) is 10.1 Å². The number of nitrogens with one attached hydrogen (secondary N) is 2. The first-order valence-electron chi connectivity index (χ1n) is 9.08. The van der Waals surface area contributed by atoms with Gasteiger partial charge in [-0.1, -0.05) is 28.1 Å². The van der Waals surface area contributed by atoms with E-state index >= 15 is 0 Å². The standard InChI is InChI=1S/C19H25BrF4N2O2/c1-17(2,21)10-15-16(28)25-14(11-27)4-3-9-18(26-15,19(22,23)24)12-5-7-13(20)8-6-12/h5-8,14-15,26-27H,3-4,9-11H2,1-2H3,(H,25,28)/t14-,15-,18-/m0/s1. The van der Waals surface area contributed by atoms with Crippen LogP contribution in [0.3, 0.4) is 0 Å². The number of hydrogen-bond acceptors (Lipinski definition) is 3. The molecule has 1 aromatic rings. The van der Waals surface area contributed by atoms with Crippen molar-refractivity contribution in [1.82, 2.24) is 10.6 Å². The molecule has 4 nitrogen and oxygen atoms in total. The number of aliphatic hydroxyl groups is 1. The second-order valence-electron chi connectivity index (χ2n) is 7.81. The number of rotatable bonds is 4. The van der Waals surface area contributed by atoms with Crippen molar-refractivity contribution in [2.75, 3.05) is 6.61 Å². The molecule has 1 aliphatic rings. The molecule has 1 heterocycles. The lowest BCUT2D eigenvalue weighted by molar-refractivity contribution is -0.207. The van der Waals surface area contributed by atoms with Crippen LogP contribution < -0.4 is 10.6 Å². The van der Waals surface area contributed by atoms with Crippen molar-refractivity contribution in [3.05, 3.63) is 34.3 Å². The van der Waals surface area contributed by atoms with Crippen LogP contribution in [0.1, 0.15) is 45.1 Å². The van der Waals surface area contributed by atoms with Crippen LogP contribution in [-0.2, 0) is 10.3 Å². The minimum absolute atomic E-state index is 0.0416. The van der Waals surface area contributed by atoms with E-state index in [1.807, 2.05) is 0 Å². The predicted octanol–water partition coefficient (Wildman–Crippen LogP) is 3.96. The van der Waals surface area contributed by atoms with Crippen molar-refractivity contribution in [2.24, 2.45) is 0 Å². The van der Waals surface area contributed by atoms with Crippen LogP contribution in [0.2, 0.25) is 0 Å². The molecule has 0 unspecified atom stereocenters. The molecule has 0 radical (unpaired) electrons. The Kier molecular flexibility index (Phi) is 7.15. The van der Waals surface area contributed by atoms with Crippen LogP contribution in [0.25, 0.3) is 0 Å². The van der Waals surface area contributed by atoms with E-state index in [4.69, 9.17) is 0 Å². The fourth-order valence-electron chi connectivity index (χ4n) is 3.54. The van der Waals surface area contributed by atoms with Gasteiger partial charge in [0.05, 0.1) is 18.7 Å². The van der Waals surface area contributed by atoms with Crippen molar-refractivity contribution in [1.29, 1.82) is 0 Å².